The summed E-state index contributed by atoms with van der Waals surface area (Å²) >= 11 is 12.0. The Balaban J connectivity index is 1.75. The zero-order valence-electron chi connectivity index (χ0n) is 12.2. The monoisotopic (exact) mass is 329 g/mol. The first-order valence-electron chi connectivity index (χ1n) is 7.18. The molecule has 0 bridgehead atoms. The van der Waals surface area contributed by atoms with Crippen molar-refractivity contribution in [2.45, 2.75) is 25.4 Å². The van der Waals surface area contributed by atoms with E-state index >= 15 is 0 Å². The fraction of sp³-hybridized carbons (Fsp3) is 0.533. The van der Waals surface area contributed by atoms with Crippen molar-refractivity contribution in [3.8, 4) is 0 Å². The van der Waals surface area contributed by atoms with Crippen LogP contribution in [-0.2, 0) is 11.3 Å². The molecule has 1 fully saturated rings. The number of amides is 1. The quantitative estimate of drug-likeness (QED) is 0.871. The molecule has 2 N–H and O–H groups in total. The van der Waals surface area contributed by atoms with Gasteiger partial charge in [-0.15, -0.1) is 0 Å². The lowest BCUT2D eigenvalue weighted by molar-refractivity contribution is -0.122. The number of hydrogen-bond acceptors (Lipinski definition) is 3. The second-order valence-electron chi connectivity index (χ2n) is 5.38. The Labute approximate surface area is 135 Å². The highest BCUT2D eigenvalue weighted by molar-refractivity contribution is 6.34. The van der Waals surface area contributed by atoms with Gasteiger partial charge in [-0.05, 0) is 36.6 Å². The van der Waals surface area contributed by atoms with Crippen LogP contribution < -0.4 is 10.6 Å². The number of benzene rings is 1. The molecule has 6 heteroatoms. The summed E-state index contributed by atoms with van der Waals surface area (Å²) in [6, 6.07) is 6.08. The summed E-state index contributed by atoms with van der Waals surface area (Å²) < 4.78 is 0. The zero-order chi connectivity index (χ0) is 15.2. The largest absolute Gasteiger partial charge is 0.358 e. The number of carbonyl (C=O) groups is 1. The summed E-state index contributed by atoms with van der Waals surface area (Å²) in [5.74, 6) is 0.0787. The highest BCUT2D eigenvalue weighted by Gasteiger charge is 2.20. The van der Waals surface area contributed by atoms with Gasteiger partial charge in [0.1, 0.15) is 0 Å². The van der Waals surface area contributed by atoms with E-state index in [0.717, 1.165) is 38.0 Å². The molecule has 4 nitrogen and oxygen atoms in total. The van der Waals surface area contributed by atoms with E-state index in [0.29, 0.717) is 22.6 Å². The number of piperidine rings is 1. The van der Waals surface area contributed by atoms with Crippen LogP contribution in [0, 0.1) is 0 Å². The van der Waals surface area contributed by atoms with E-state index in [2.05, 4.69) is 15.5 Å². The van der Waals surface area contributed by atoms with Crippen LogP contribution in [0.3, 0.4) is 0 Å². The van der Waals surface area contributed by atoms with Crippen molar-refractivity contribution in [2.75, 3.05) is 26.7 Å². The molecule has 0 saturated carbocycles. The number of carbonyl (C=O) groups excluding carboxylic acids is 1. The third-order valence-corrected chi connectivity index (χ3v) is 4.19. The predicted octanol–water partition coefficient (Wildman–Crippen LogP) is 2.29. The molecule has 2 rings (SSSR count). The Morgan fingerprint density at radius 2 is 1.86 bits per heavy atom. The molecule has 21 heavy (non-hydrogen) atoms. The van der Waals surface area contributed by atoms with Gasteiger partial charge in [0, 0.05) is 42.8 Å². The minimum absolute atomic E-state index is 0.0787. The van der Waals surface area contributed by atoms with Crippen LogP contribution in [0.5, 0.6) is 0 Å². The fourth-order valence-electron chi connectivity index (χ4n) is 2.55. The SMILES string of the molecule is CNC(=O)CN1CCC(NCc2cc(Cl)cc(Cl)c2)CC1. The molecule has 1 heterocycles. The first-order valence-corrected chi connectivity index (χ1v) is 7.93. The third-order valence-electron chi connectivity index (χ3n) is 3.75. The predicted molar refractivity (Wildman–Crippen MR) is 86.8 cm³/mol. The van der Waals surface area contributed by atoms with Crippen LogP contribution in [-0.4, -0.2) is 43.5 Å². The molecule has 0 radical (unpaired) electrons. The number of nitrogens with one attached hydrogen (secondary N) is 2. The lowest BCUT2D eigenvalue weighted by Gasteiger charge is -2.31. The van der Waals surface area contributed by atoms with E-state index in [4.69, 9.17) is 23.2 Å². The summed E-state index contributed by atoms with van der Waals surface area (Å²) in [5.41, 5.74) is 1.10. The van der Waals surface area contributed by atoms with Crippen LogP contribution >= 0.6 is 23.2 Å². The molecule has 1 aliphatic rings. The highest BCUT2D eigenvalue weighted by atomic mass is 35.5. The number of likely N-dealkylation sites (tertiary alicyclic amines) is 1. The molecule has 0 unspecified atom stereocenters. The zero-order valence-corrected chi connectivity index (χ0v) is 13.7. The number of rotatable bonds is 5. The van der Waals surface area contributed by atoms with E-state index < -0.39 is 0 Å². The van der Waals surface area contributed by atoms with Gasteiger partial charge in [0.2, 0.25) is 5.91 Å². The Morgan fingerprint density at radius 1 is 1.24 bits per heavy atom. The summed E-state index contributed by atoms with van der Waals surface area (Å²) in [6.07, 6.45) is 2.09. The lowest BCUT2D eigenvalue weighted by Crippen LogP contribution is -2.45. The topological polar surface area (TPSA) is 44.4 Å². The maximum atomic E-state index is 11.3. The van der Waals surface area contributed by atoms with Crippen molar-refractivity contribution < 1.29 is 4.79 Å². The van der Waals surface area contributed by atoms with Crippen molar-refractivity contribution >= 4 is 29.1 Å². The van der Waals surface area contributed by atoms with Crippen molar-refractivity contribution in [2.24, 2.45) is 0 Å². The van der Waals surface area contributed by atoms with Gasteiger partial charge in [0.25, 0.3) is 0 Å². The number of hydrogen-bond donors (Lipinski definition) is 2. The van der Waals surface area contributed by atoms with Gasteiger partial charge in [-0.2, -0.15) is 0 Å². The molecule has 1 aliphatic heterocycles. The Bertz CT molecular complexity index is 468. The maximum absolute atomic E-state index is 11.3. The van der Waals surface area contributed by atoms with Crippen molar-refractivity contribution in [1.29, 1.82) is 0 Å². The summed E-state index contributed by atoms with van der Waals surface area (Å²) in [4.78, 5) is 13.5. The maximum Gasteiger partial charge on any atom is 0.233 e. The molecule has 0 aliphatic carbocycles. The first kappa shape index (κ1) is 16.6. The molecule has 1 amide bonds. The number of halogens is 2. The minimum Gasteiger partial charge on any atom is -0.358 e. The van der Waals surface area contributed by atoms with E-state index in [-0.39, 0.29) is 5.91 Å². The minimum atomic E-state index is 0.0787. The Kier molecular flexibility index (Phi) is 6.30. The van der Waals surface area contributed by atoms with Crippen LogP contribution in [0.25, 0.3) is 0 Å². The average molecular weight is 330 g/mol. The van der Waals surface area contributed by atoms with E-state index in [1.165, 1.54) is 0 Å². The molecule has 1 saturated heterocycles. The summed E-state index contributed by atoms with van der Waals surface area (Å²) in [5, 5.41) is 7.53. The van der Waals surface area contributed by atoms with Gasteiger partial charge in [-0.1, -0.05) is 23.2 Å². The average Bonchev–Trinajstić information content (AvgIpc) is 2.45. The Hall–Kier alpha value is -0.810. The second-order valence-corrected chi connectivity index (χ2v) is 6.26. The number of nitrogens with zero attached hydrogens (tertiary/aromatic N) is 1. The van der Waals surface area contributed by atoms with E-state index in [1.54, 1.807) is 13.1 Å². The molecule has 0 spiro atoms. The van der Waals surface area contributed by atoms with Crippen LogP contribution in [0.2, 0.25) is 10.0 Å². The number of likely N-dealkylation sites (N-methyl/N-ethyl adjacent to an activating group) is 1. The highest BCUT2D eigenvalue weighted by Crippen LogP contribution is 2.19. The van der Waals surface area contributed by atoms with Gasteiger partial charge in [-0.25, -0.2) is 0 Å². The van der Waals surface area contributed by atoms with Gasteiger partial charge in [0.05, 0.1) is 6.54 Å². The van der Waals surface area contributed by atoms with Gasteiger partial charge < -0.3 is 10.6 Å². The molecule has 116 valence electrons. The summed E-state index contributed by atoms with van der Waals surface area (Å²) in [7, 11) is 1.67. The van der Waals surface area contributed by atoms with Crippen LogP contribution in [0.15, 0.2) is 18.2 Å². The molecule has 1 aromatic rings. The van der Waals surface area contributed by atoms with Crippen molar-refractivity contribution in [3.63, 3.8) is 0 Å². The summed E-state index contributed by atoms with van der Waals surface area (Å²) in [6.45, 7) is 3.15. The molecular formula is C15H21Cl2N3O. The molecular weight excluding hydrogens is 309 g/mol. The molecule has 1 aromatic carbocycles. The first-order chi connectivity index (χ1) is 10.1. The fourth-order valence-corrected chi connectivity index (χ4v) is 3.12. The van der Waals surface area contributed by atoms with Gasteiger partial charge >= 0.3 is 0 Å². The van der Waals surface area contributed by atoms with Crippen molar-refractivity contribution in [1.82, 2.24) is 15.5 Å². The smallest absolute Gasteiger partial charge is 0.233 e. The van der Waals surface area contributed by atoms with Gasteiger partial charge in [-0.3, -0.25) is 9.69 Å². The standard InChI is InChI=1S/C15H21Cl2N3O/c1-18-15(21)10-20-4-2-14(3-5-20)19-9-11-6-12(16)8-13(17)7-11/h6-8,14,19H,2-5,9-10H2,1H3,(H,18,21). The van der Waals surface area contributed by atoms with Crippen LogP contribution in [0.1, 0.15) is 18.4 Å². The third kappa shape index (κ3) is 5.47. The van der Waals surface area contributed by atoms with Crippen molar-refractivity contribution in [3.05, 3.63) is 33.8 Å². The Morgan fingerprint density at radius 3 is 2.43 bits per heavy atom. The van der Waals surface area contributed by atoms with E-state index in [9.17, 15) is 4.79 Å². The van der Waals surface area contributed by atoms with Crippen LogP contribution in [0.4, 0.5) is 0 Å². The molecule has 0 atom stereocenters. The second kappa shape index (κ2) is 7.99. The van der Waals surface area contributed by atoms with Gasteiger partial charge in [0.15, 0.2) is 0 Å². The van der Waals surface area contributed by atoms with E-state index in [1.807, 2.05) is 12.1 Å². The normalized spacial score (nSPS) is 16.9. The molecule has 0 aromatic heterocycles. The lowest BCUT2D eigenvalue weighted by atomic mass is 10.0.